The minimum absolute atomic E-state index is 0.122. The maximum Gasteiger partial charge on any atom is 0.183 e. The summed E-state index contributed by atoms with van der Waals surface area (Å²) in [5.74, 6) is -0.725. The average Bonchev–Trinajstić information content (AvgIpc) is 2.80. The summed E-state index contributed by atoms with van der Waals surface area (Å²) >= 11 is 12.8. The van der Waals surface area contributed by atoms with Crippen molar-refractivity contribution in [2.75, 3.05) is 18.5 Å². The molecule has 0 radical (unpaired) electrons. The molecule has 2 aromatic rings. The van der Waals surface area contributed by atoms with Crippen molar-refractivity contribution < 1.29 is 14.6 Å². The SMILES string of the molecule is Cc1nc(NCCOc2cc(Cl)ccc2Cl)sc1C(=O)[O-]. The first kappa shape index (κ1) is 15.9. The number of nitrogens with one attached hydrogen (secondary N) is 1. The van der Waals surface area contributed by atoms with Crippen molar-refractivity contribution in [3.8, 4) is 5.75 Å². The highest BCUT2D eigenvalue weighted by Crippen LogP contribution is 2.27. The van der Waals surface area contributed by atoms with Gasteiger partial charge in [-0.3, -0.25) is 0 Å². The number of hydrogen-bond acceptors (Lipinski definition) is 6. The van der Waals surface area contributed by atoms with Crippen LogP contribution in [-0.2, 0) is 0 Å². The number of hydrogen-bond donors (Lipinski definition) is 1. The van der Waals surface area contributed by atoms with E-state index in [0.29, 0.717) is 39.8 Å². The number of aromatic carboxylic acids is 1. The Morgan fingerprint density at radius 3 is 2.90 bits per heavy atom. The molecule has 1 N–H and O–H groups in total. The monoisotopic (exact) mass is 345 g/mol. The van der Waals surface area contributed by atoms with Crippen molar-refractivity contribution >= 4 is 45.6 Å². The number of halogens is 2. The third-order valence-electron chi connectivity index (χ3n) is 2.51. The number of aromatic nitrogens is 1. The van der Waals surface area contributed by atoms with E-state index in [1.165, 1.54) is 0 Å². The van der Waals surface area contributed by atoms with Gasteiger partial charge in [-0.2, -0.15) is 0 Å². The molecule has 0 atom stereocenters. The molecule has 5 nitrogen and oxygen atoms in total. The maximum absolute atomic E-state index is 10.8. The quantitative estimate of drug-likeness (QED) is 0.814. The fraction of sp³-hybridized carbons (Fsp3) is 0.231. The Kier molecular flexibility index (Phi) is 5.27. The fourth-order valence-corrected chi connectivity index (χ4v) is 2.73. The molecule has 0 amide bonds. The molecule has 21 heavy (non-hydrogen) atoms. The second kappa shape index (κ2) is 6.98. The Bertz CT molecular complexity index is 661. The van der Waals surface area contributed by atoms with Crippen LogP contribution in [0.4, 0.5) is 5.13 Å². The van der Waals surface area contributed by atoms with Gasteiger partial charge in [0.2, 0.25) is 0 Å². The molecule has 0 aliphatic heterocycles. The Labute approximate surface area is 135 Å². The van der Waals surface area contributed by atoms with Crippen molar-refractivity contribution in [1.29, 1.82) is 0 Å². The third-order valence-corrected chi connectivity index (χ3v) is 4.15. The molecule has 0 bridgehead atoms. The van der Waals surface area contributed by atoms with E-state index in [-0.39, 0.29) is 4.88 Å². The van der Waals surface area contributed by atoms with Crippen molar-refractivity contribution in [2.45, 2.75) is 6.92 Å². The van der Waals surface area contributed by atoms with Gasteiger partial charge in [-0.1, -0.05) is 34.5 Å². The van der Waals surface area contributed by atoms with E-state index in [0.717, 1.165) is 11.3 Å². The summed E-state index contributed by atoms with van der Waals surface area (Å²) in [4.78, 5) is 15.0. The standard InChI is InChI=1S/C13H12Cl2N2O3S/c1-7-11(12(18)19)21-13(17-7)16-4-5-20-10-6-8(14)2-3-9(10)15/h2-3,6H,4-5H2,1H3,(H,16,17)(H,18,19)/p-1. The lowest BCUT2D eigenvalue weighted by Gasteiger charge is -2.08. The number of benzene rings is 1. The van der Waals surface area contributed by atoms with E-state index in [9.17, 15) is 9.90 Å². The number of aryl methyl sites for hydroxylation is 1. The predicted molar refractivity (Wildman–Crippen MR) is 81.6 cm³/mol. The first-order valence-corrected chi connectivity index (χ1v) is 7.55. The number of nitrogens with zero attached hydrogens (tertiary/aromatic N) is 1. The molecule has 8 heteroatoms. The molecular weight excluding hydrogens is 335 g/mol. The summed E-state index contributed by atoms with van der Waals surface area (Å²) in [5.41, 5.74) is 0.432. The van der Waals surface area contributed by atoms with E-state index in [4.69, 9.17) is 27.9 Å². The lowest BCUT2D eigenvalue weighted by Crippen LogP contribution is -2.21. The van der Waals surface area contributed by atoms with Gasteiger partial charge < -0.3 is 20.0 Å². The van der Waals surface area contributed by atoms with Crippen LogP contribution < -0.4 is 15.2 Å². The van der Waals surface area contributed by atoms with Crippen LogP contribution in [0.15, 0.2) is 18.2 Å². The van der Waals surface area contributed by atoms with Gasteiger partial charge in [0.15, 0.2) is 5.13 Å². The van der Waals surface area contributed by atoms with Gasteiger partial charge in [0.1, 0.15) is 12.4 Å². The van der Waals surface area contributed by atoms with Gasteiger partial charge in [0.25, 0.3) is 0 Å². The maximum atomic E-state index is 10.8. The number of carboxylic acids is 1. The molecular formula is C13H11Cl2N2O3S-. The van der Waals surface area contributed by atoms with Gasteiger partial charge in [0.05, 0.1) is 28.1 Å². The minimum Gasteiger partial charge on any atom is -0.544 e. The van der Waals surface area contributed by atoms with Crippen LogP contribution >= 0.6 is 34.5 Å². The fourth-order valence-electron chi connectivity index (χ4n) is 1.57. The summed E-state index contributed by atoms with van der Waals surface area (Å²) in [6.45, 7) is 2.40. The summed E-state index contributed by atoms with van der Waals surface area (Å²) in [6, 6.07) is 4.96. The molecule has 0 saturated heterocycles. The topological polar surface area (TPSA) is 74.3 Å². The van der Waals surface area contributed by atoms with E-state index < -0.39 is 5.97 Å². The normalized spacial score (nSPS) is 10.4. The van der Waals surface area contributed by atoms with Crippen LogP contribution in [0, 0.1) is 6.92 Å². The molecule has 1 aromatic heterocycles. The molecule has 1 aromatic carbocycles. The second-order valence-electron chi connectivity index (χ2n) is 4.07. The van der Waals surface area contributed by atoms with Crippen LogP contribution in [0.1, 0.15) is 15.4 Å². The largest absolute Gasteiger partial charge is 0.544 e. The molecule has 0 saturated carbocycles. The highest BCUT2D eigenvalue weighted by Gasteiger charge is 2.08. The van der Waals surface area contributed by atoms with Crippen LogP contribution in [0.3, 0.4) is 0 Å². The zero-order chi connectivity index (χ0) is 15.4. The van der Waals surface area contributed by atoms with Crippen molar-refractivity contribution in [3.63, 3.8) is 0 Å². The van der Waals surface area contributed by atoms with Gasteiger partial charge >= 0.3 is 0 Å². The first-order chi connectivity index (χ1) is 9.97. The Hall–Kier alpha value is -1.50. The Morgan fingerprint density at radius 2 is 2.24 bits per heavy atom. The third kappa shape index (κ3) is 4.23. The van der Waals surface area contributed by atoms with Crippen molar-refractivity contribution in [2.24, 2.45) is 0 Å². The number of carbonyl (C=O) groups is 1. The smallest absolute Gasteiger partial charge is 0.183 e. The number of ether oxygens (including phenoxy) is 1. The highest BCUT2D eigenvalue weighted by molar-refractivity contribution is 7.17. The number of carbonyl (C=O) groups excluding carboxylic acids is 1. The summed E-state index contributed by atoms with van der Waals surface area (Å²) in [5, 5.41) is 15.3. The first-order valence-electron chi connectivity index (χ1n) is 5.98. The molecule has 2 rings (SSSR count). The molecule has 112 valence electrons. The van der Waals surface area contributed by atoms with Crippen LogP contribution in [0.25, 0.3) is 0 Å². The Morgan fingerprint density at radius 1 is 1.48 bits per heavy atom. The highest BCUT2D eigenvalue weighted by atomic mass is 35.5. The van der Waals surface area contributed by atoms with Crippen molar-refractivity contribution in [3.05, 3.63) is 38.8 Å². The van der Waals surface area contributed by atoms with Crippen molar-refractivity contribution in [1.82, 2.24) is 4.98 Å². The Balaban J connectivity index is 1.86. The van der Waals surface area contributed by atoms with Gasteiger partial charge in [-0.15, -0.1) is 0 Å². The van der Waals surface area contributed by atoms with Gasteiger partial charge in [-0.25, -0.2) is 4.98 Å². The van der Waals surface area contributed by atoms with Gasteiger partial charge in [-0.05, 0) is 19.1 Å². The zero-order valence-corrected chi connectivity index (χ0v) is 13.3. The molecule has 0 spiro atoms. The molecule has 0 aliphatic carbocycles. The average molecular weight is 346 g/mol. The van der Waals surface area contributed by atoms with E-state index >= 15 is 0 Å². The van der Waals surface area contributed by atoms with Gasteiger partial charge in [0, 0.05) is 11.1 Å². The van der Waals surface area contributed by atoms with E-state index in [1.807, 2.05) is 0 Å². The van der Waals surface area contributed by atoms with E-state index in [1.54, 1.807) is 25.1 Å². The minimum atomic E-state index is -1.22. The number of thiazole rings is 1. The summed E-state index contributed by atoms with van der Waals surface area (Å²) in [6.07, 6.45) is 0. The summed E-state index contributed by atoms with van der Waals surface area (Å²) < 4.78 is 5.49. The lowest BCUT2D eigenvalue weighted by molar-refractivity contribution is -0.254. The molecule has 0 unspecified atom stereocenters. The van der Waals surface area contributed by atoms with E-state index in [2.05, 4.69) is 10.3 Å². The zero-order valence-electron chi connectivity index (χ0n) is 11.0. The molecule has 0 aliphatic rings. The molecule has 0 fully saturated rings. The lowest BCUT2D eigenvalue weighted by atomic mass is 10.3. The summed E-state index contributed by atoms with van der Waals surface area (Å²) in [7, 11) is 0. The van der Waals surface area contributed by atoms with Crippen LogP contribution in [0.2, 0.25) is 10.0 Å². The predicted octanol–water partition coefficient (Wildman–Crippen LogP) is 2.61. The molecule has 1 heterocycles. The number of anilines is 1. The van der Waals surface area contributed by atoms with Crippen LogP contribution in [-0.4, -0.2) is 24.1 Å². The number of carboxylic acid groups (broad SMARTS) is 1. The number of rotatable bonds is 6. The second-order valence-corrected chi connectivity index (χ2v) is 5.91. The van der Waals surface area contributed by atoms with Crippen LogP contribution in [0.5, 0.6) is 5.75 Å².